The lowest BCUT2D eigenvalue weighted by molar-refractivity contribution is -0.380. The highest BCUT2D eigenvalue weighted by molar-refractivity contribution is 7.15. The van der Waals surface area contributed by atoms with Crippen molar-refractivity contribution in [1.29, 1.82) is 5.26 Å². The molecule has 1 aromatic heterocycles. The molecule has 1 aromatic rings. The van der Waals surface area contributed by atoms with Gasteiger partial charge in [-0.25, -0.2) is 4.98 Å². The van der Waals surface area contributed by atoms with Crippen LogP contribution < -0.4 is 0 Å². The van der Waals surface area contributed by atoms with Crippen molar-refractivity contribution >= 4 is 22.4 Å². The zero-order chi connectivity index (χ0) is 8.97. The highest BCUT2D eigenvalue weighted by Crippen LogP contribution is 2.21. The maximum atomic E-state index is 10.2. The van der Waals surface area contributed by atoms with Gasteiger partial charge in [0, 0.05) is 6.08 Å². The molecule has 0 spiro atoms. The van der Waals surface area contributed by atoms with Gasteiger partial charge in [-0.2, -0.15) is 5.26 Å². The topological polar surface area (TPSA) is 79.8 Å². The quantitative estimate of drug-likeness (QED) is 0.394. The van der Waals surface area contributed by atoms with Crippen LogP contribution in [-0.4, -0.2) is 9.91 Å². The highest BCUT2D eigenvalue weighted by Gasteiger charge is 2.08. The molecule has 0 unspecified atom stereocenters. The molecule has 0 aliphatic heterocycles. The first-order valence-corrected chi connectivity index (χ1v) is 3.72. The molecule has 6 heteroatoms. The first-order chi connectivity index (χ1) is 5.74. The lowest BCUT2D eigenvalue weighted by Crippen LogP contribution is -1.80. The van der Waals surface area contributed by atoms with Gasteiger partial charge in [-0.3, -0.25) is 10.1 Å². The molecule has 0 amide bonds. The fourth-order valence-corrected chi connectivity index (χ4v) is 1.18. The lowest BCUT2D eigenvalue weighted by atomic mass is 10.5. The highest BCUT2D eigenvalue weighted by atomic mass is 32.1. The molecule has 12 heavy (non-hydrogen) atoms. The van der Waals surface area contributed by atoms with Gasteiger partial charge in [0.15, 0.2) is 0 Å². The fraction of sp³-hybridized carbons (Fsp3) is 0. The standard InChI is InChI=1S/C6H3N3O2S/c7-3-1-2-5-8-4-6(12-5)9(10)11/h1-2,4H. The molecule has 1 heterocycles. The van der Waals surface area contributed by atoms with Crippen molar-refractivity contribution < 1.29 is 4.92 Å². The molecule has 0 fully saturated rings. The van der Waals surface area contributed by atoms with E-state index in [1.54, 1.807) is 6.07 Å². The number of allylic oxidation sites excluding steroid dienone is 1. The summed E-state index contributed by atoms with van der Waals surface area (Å²) in [6, 6.07) is 1.77. The van der Waals surface area contributed by atoms with Crippen molar-refractivity contribution in [2.45, 2.75) is 0 Å². The minimum Gasteiger partial charge on any atom is -0.257 e. The van der Waals surface area contributed by atoms with Crippen molar-refractivity contribution in [3.05, 3.63) is 27.4 Å². The van der Waals surface area contributed by atoms with Gasteiger partial charge in [0.05, 0.1) is 11.0 Å². The van der Waals surface area contributed by atoms with E-state index in [1.165, 1.54) is 18.3 Å². The summed E-state index contributed by atoms with van der Waals surface area (Å²) in [5.74, 6) is 0. The molecule has 0 saturated heterocycles. The molecule has 0 N–H and O–H groups in total. The Hall–Kier alpha value is -1.74. The van der Waals surface area contributed by atoms with Crippen molar-refractivity contribution in [1.82, 2.24) is 4.98 Å². The summed E-state index contributed by atoms with van der Waals surface area (Å²) in [6.07, 6.45) is 3.82. The summed E-state index contributed by atoms with van der Waals surface area (Å²) in [5, 5.41) is 18.8. The molecule has 0 radical (unpaired) electrons. The zero-order valence-corrected chi connectivity index (χ0v) is 6.61. The van der Waals surface area contributed by atoms with Crippen LogP contribution in [0.1, 0.15) is 5.01 Å². The maximum Gasteiger partial charge on any atom is 0.344 e. The molecule has 0 saturated carbocycles. The Bertz CT molecular complexity index is 363. The number of thiazole rings is 1. The molecule has 5 nitrogen and oxygen atoms in total. The van der Waals surface area contributed by atoms with Crippen LogP contribution in [0, 0.1) is 21.4 Å². The Balaban J connectivity index is 2.86. The van der Waals surface area contributed by atoms with Crippen molar-refractivity contribution in [3.63, 3.8) is 0 Å². The van der Waals surface area contributed by atoms with Gasteiger partial charge in [0.1, 0.15) is 11.2 Å². The molecular formula is C6H3N3O2S. The smallest absolute Gasteiger partial charge is 0.257 e. The molecule has 60 valence electrons. The Morgan fingerprint density at radius 2 is 2.58 bits per heavy atom. The maximum absolute atomic E-state index is 10.2. The van der Waals surface area contributed by atoms with Crippen LogP contribution in [0.15, 0.2) is 12.3 Å². The number of rotatable bonds is 2. The molecule has 0 aliphatic rings. The van der Waals surface area contributed by atoms with Crippen LogP contribution in [0.5, 0.6) is 0 Å². The van der Waals surface area contributed by atoms with Gasteiger partial charge >= 0.3 is 5.00 Å². The van der Waals surface area contributed by atoms with Crippen LogP contribution in [0.2, 0.25) is 0 Å². The Kier molecular flexibility index (Phi) is 2.50. The summed E-state index contributed by atoms with van der Waals surface area (Å²) in [7, 11) is 0. The zero-order valence-electron chi connectivity index (χ0n) is 5.80. The molecule has 1 rings (SSSR count). The second-order valence-electron chi connectivity index (χ2n) is 1.76. The van der Waals surface area contributed by atoms with E-state index < -0.39 is 4.92 Å². The van der Waals surface area contributed by atoms with E-state index in [0.29, 0.717) is 5.01 Å². The van der Waals surface area contributed by atoms with E-state index >= 15 is 0 Å². The predicted octanol–water partition coefficient (Wildman–Crippen LogP) is 1.59. The second-order valence-corrected chi connectivity index (χ2v) is 2.80. The van der Waals surface area contributed by atoms with E-state index in [2.05, 4.69) is 4.98 Å². The normalized spacial score (nSPS) is 9.92. The Morgan fingerprint density at radius 3 is 3.08 bits per heavy atom. The average Bonchev–Trinajstić information content (AvgIpc) is 2.48. The Morgan fingerprint density at radius 1 is 1.83 bits per heavy atom. The first kappa shape index (κ1) is 8.36. The number of nitro groups is 1. The van der Waals surface area contributed by atoms with Gasteiger partial charge in [0.25, 0.3) is 0 Å². The first-order valence-electron chi connectivity index (χ1n) is 2.90. The fourth-order valence-electron chi connectivity index (χ4n) is 0.549. The summed E-state index contributed by atoms with van der Waals surface area (Å²) in [6.45, 7) is 0. The third kappa shape index (κ3) is 1.87. The average molecular weight is 181 g/mol. The van der Waals surface area contributed by atoms with Crippen LogP contribution >= 0.6 is 11.3 Å². The van der Waals surface area contributed by atoms with Crippen molar-refractivity contribution in [2.75, 3.05) is 0 Å². The molecule has 0 atom stereocenters. The summed E-state index contributed by atoms with van der Waals surface area (Å²) >= 11 is 0.933. The molecular weight excluding hydrogens is 178 g/mol. The SMILES string of the molecule is N#CC=Cc1ncc([N+](=O)[O-])s1. The number of aromatic nitrogens is 1. The monoisotopic (exact) mass is 181 g/mol. The van der Waals surface area contributed by atoms with Crippen molar-refractivity contribution in [2.24, 2.45) is 0 Å². The van der Waals surface area contributed by atoms with Gasteiger partial charge in [-0.1, -0.05) is 0 Å². The lowest BCUT2D eigenvalue weighted by Gasteiger charge is -1.77. The second kappa shape index (κ2) is 3.59. The van der Waals surface area contributed by atoms with Gasteiger partial charge in [0.2, 0.25) is 0 Å². The summed E-state index contributed by atoms with van der Waals surface area (Å²) < 4.78 is 0. The van der Waals surface area contributed by atoms with Crippen molar-refractivity contribution in [3.8, 4) is 6.07 Å². The van der Waals surface area contributed by atoms with E-state index in [4.69, 9.17) is 5.26 Å². The van der Waals surface area contributed by atoms with Gasteiger partial charge < -0.3 is 0 Å². The van der Waals surface area contributed by atoms with E-state index in [1.807, 2.05) is 0 Å². The largest absolute Gasteiger partial charge is 0.344 e. The third-order valence-corrected chi connectivity index (χ3v) is 1.91. The number of nitrogens with zero attached hydrogens (tertiary/aromatic N) is 3. The summed E-state index contributed by atoms with van der Waals surface area (Å²) in [4.78, 5) is 13.4. The van der Waals surface area contributed by atoms with Crippen LogP contribution in [0.4, 0.5) is 5.00 Å². The van der Waals surface area contributed by atoms with Crippen LogP contribution in [0.25, 0.3) is 6.08 Å². The molecule has 0 bridgehead atoms. The number of nitriles is 1. The van der Waals surface area contributed by atoms with E-state index in [-0.39, 0.29) is 5.00 Å². The van der Waals surface area contributed by atoms with Crippen LogP contribution in [-0.2, 0) is 0 Å². The van der Waals surface area contributed by atoms with Crippen LogP contribution in [0.3, 0.4) is 0 Å². The predicted molar refractivity (Wildman–Crippen MR) is 43.4 cm³/mol. The number of hydrogen-bond donors (Lipinski definition) is 0. The molecule has 0 aliphatic carbocycles. The summed E-state index contributed by atoms with van der Waals surface area (Å²) in [5.41, 5.74) is 0. The third-order valence-electron chi connectivity index (χ3n) is 0.992. The minimum absolute atomic E-state index is 0.0208. The van der Waals surface area contributed by atoms with E-state index in [9.17, 15) is 10.1 Å². The van der Waals surface area contributed by atoms with Gasteiger partial charge in [-0.05, 0) is 17.4 Å². The Labute approximate surface area is 71.7 Å². The van der Waals surface area contributed by atoms with Gasteiger partial charge in [-0.15, -0.1) is 0 Å². The van der Waals surface area contributed by atoms with E-state index in [0.717, 1.165) is 11.3 Å². The number of hydrogen-bond acceptors (Lipinski definition) is 5. The molecule has 0 aromatic carbocycles. The minimum atomic E-state index is -0.513.